The summed E-state index contributed by atoms with van der Waals surface area (Å²) in [6.45, 7) is 0.189. The van der Waals surface area contributed by atoms with Crippen molar-refractivity contribution in [3.63, 3.8) is 0 Å². The summed E-state index contributed by atoms with van der Waals surface area (Å²) in [5.41, 5.74) is 1.48. The fourth-order valence-corrected chi connectivity index (χ4v) is 5.75. The highest BCUT2D eigenvalue weighted by atomic mass is 79.9. The van der Waals surface area contributed by atoms with Crippen molar-refractivity contribution in [2.75, 3.05) is 0 Å². The van der Waals surface area contributed by atoms with Crippen molar-refractivity contribution in [1.29, 1.82) is 0 Å². The van der Waals surface area contributed by atoms with Gasteiger partial charge in [-0.2, -0.15) is 8.42 Å². The van der Waals surface area contributed by atoms with Crippen molar-refractivity contribution in [3.8, 4) is 5.75 Å². The van der Waals surface area contributed by atoms with Crippen LogP contribution in [0.2, 0.25) is 0 Å². The number of imide groups is 1. The second-order valence-electron chi connectivity index (χ2n) is 8.01. The molecule has 36 heavy (non-hydrogen) atoms. The molecular formula is C27H18BrNO5S2. The molecule has 4 aromatic carbocycles. The molecule has 0 bridgehead atoms. The minimum absolute atomic E-state index is 0.0599. The van der Waals surface area contributed by atoms with Crippen LogP contribution < -0.4 is 4.18 Å². The number of amides is 2. The lowest BCUT2D eigenvalue weighted by molar-refractivity contribution is -0.123. The van der Waals surface area contributed by atoms with Gasteiger partial charge in [0.05, 0.1) is 11.4 Å². The van der Waals surface area contributed by atoms with Gasteiger partial charge in [0, 0.05) is 4.47 Å². The van der Waals surface area contributed by atoms with Crippen molar-refractivity contribution in [2.45, 2.75) is 11.4 Å². The first-order valence-corrected chi connectivity index (χ1v) is 13.8. The Morgan fingerprint density at radius 3 is 2.28 bits per heavy atom. The number of thioether (sulfide) groups is 1. The van der Waals surface area contributed by atoms with Gasteiger partial charge in [0.2, 0.25) is 0 Å². The van der Waals surface area contributed by atoms with E-state index in [4.69, 9.17) is 4.18 Å². The van der Waals surface area contributed by atoms with E-state index in [1.54, 1.807) is 30.3 Å². The van der Waals surface area contributed by atoms with Gasteiger partial charge in [-0.1, -0.05) is 70.5 Å². The monoisotopic (exact) mass is 579 g/mol. The van der Waals surface area contributed by atoms with E-state index in [-0.39, 0.29) is 28.3 Å². The Morgan fingerprint density at radius 1 is 0.861 bits per heavy atom. The normalized spacial score (nSPS) is 15.1. The van der Waals surface area contributed by atoms with Crippen molar-refractivity contribution in [1.82, 2.24) is 4.90 Å². The Balaban J connectivity index is 1.29. The predicted molar refractivity (Wildman–Crippen MR) is 144 cm³/mol. The first-order valence-electron chi connectivity index (χ1n) is 10.8. The third kappa shape index (κ3) is 5.23. The number of halogens is 1. The number of hydrogen-bond acceptors (Lipinski definition) is 6. The maximum absolute atomic E-state index is 12.8. The number of nitrogens with zero attached hydrogens (tertiary/aromatic N) is 1. The first-order chi connectivity index (χ1) is 17.3. The second-order valence-corrected chi connectivity index (χ2v) is 11.5. The predicted octanol–water partition coefficient (Wildman–Crippen LogP) is 6.61. The molecule has 0 aromatic heterocycles. The zero-order valence-corrected chi connectivity index (χ0v) is 21.8. The molecule has 0 unspecified atom stereocenters. The van der Waals surface area contributed by atoms with Crippen LogP contribution in [-0.4, -0.2) is 24.5 Å². The molecule has 1 saturated heterocycles. The molecule has 1 heterocycles. The number of benzene rings is 4. The average molecular weight is 580 g/mol. The summed E-state index contributed by atoms with van der Waals surface area (Å²) in [5.74, 6) is -0.226. The van der Waals surface area contributed by atoms with Gasteiger partial charge in [0.25, 0.3) is 11.1 Å². The van der Waals surface area contributed by atoms with Gasteiger partial charge in [-0.15, -0.1) is 0 Å². The fourth-order valence-electron chi connectivity index (χ4n) is 3.68. The van der Waals surface area contributed by atoms with Crippen LogP contribution in [-0.2, 0) is 21.5 Å². The van der Waals surface area contributed by atoms with Gasteiger partial charge in [-0.25, -0.2) is 0 Å². The van der Waals surface area contributed by atoms with E-state index in [2.05, 4.69) is 15.9 Å². The van der Waals surface area contributed by atoms with Gasteiger partial charge in [0.15, 0.2) is 0 Å². The maximum atomic E-state index is 12.8. The average Bonchev–Trinajstić information content (AvgIpc) is 3.13. The third-order valence-corrected chi connectivity index (χ3v) is 8.20. The number of carbonyl (C=O) groups is 2. The molecule has 9 heteroatoms. The third-order valence-electron chi connectivity index (χ3n) is 5.52. The molecule has 180 valence electrons. The van der Waals surface area contributed by atoms with Crippen LogP contribution >= 0.6 is 27.7 Å². The summed E-state index contributed by atoms with van der Waals surface area (Å²) in [7, 11) is -4.02. The smallest absolute Gasteiger partial charge is 0.339 e. The minimum atomic E-state index is -4.02. The lowest BCUT2D eigenvalue weighted by atomic mass is 10.1. The molecule has 1 fully saturated rings. The van der Waals surface area contributed by atoms with E-state index in [1.807, 2.05) is 48.5 Å². The SMILES string of the molecule is O=C1S/C(=C\c2ccc(OS(=O)(=O)c3ccc4ccccc4c3)cc2)C(=O)N1Cc1ccc(Br)cc1. The maximum Gasteiger partial charge on any atom is 0.339 e. The van der Waals surface area contributed by atoms with Gasteiger partial charge >= 0.3 is 10.1 Å². The fraction of sp³-hybridized carbons (Fsp3) is 0.0370. The topological polar surface area (TPSA) is 80.8 Å². The van der Waals surface area contributed by atoms with E-state index < -0.39 is 10.1 Å². The van der Waals surface area contributed by atoms with Gasteiger partial charge in [0.1, 0.15) is 10.6 Å². The highest BCUT2D eigenvalue weighted by molar-refractivity contribution is 9.10. The molecule has 1 aliphatic rings. The van der Waals surface area contributed by atoms with Gasteiger partial charge < -0.3 is 4.18 Å². The first kappa shape index (κ1) is 24.3. The molecule has 0 aliphatic carbocycles. The Morgan fingerprint density at radius 2 is 1.56 bits per heavy atom. The molecule has 5 rings (SSSR count). The Hall–Kier alpha value is -3.40. The Labute approximate surface area is 220 Å². The lowest BCUT2D eigenvalue weighted by Gasteiger charge is -2.12. The van der Waals surface area contributed by atoms with E-state index in [0.29, 0.717) is 10.5 Å². The van der Waals surface area contributed by atoms with Gasteiger partial charge in [-0.05, 0) is 76.1 Å². The Kier molecular flexibility index (Phi) is 6.70. The summed E-state index contributed by atoms with van der Waals surface area (Å²) in [6, 6.07) is 26.0. The number of fused-ring (bicyclic) bond motifs is 1. The molecule has 1 aliphatic heterocycles. The molecule has 0 radical (unpaired) electrons. The highest BCUT2D eigenvalue weighted by Gasteiger charge is 2.35. The van der Waals surface area contributed by atoms with E-state index in [1.165, 1.54) is 23.1 Å². The second kappa shape index (κ2) is 9.93. The summed E-state index contributed by atoms with van der Waals surface area (Å²) in [4.78, 5) is 26.8. The van der Waals surface area contributed by atoms with Crippen LogP contribution in [0.3, 0.4) is 0 Å². The van der Waals surface area contributed by atoms with Crippen LogP contribution in [0.25, 0.3) is 16.8 Å². The van der Waals surface area contributed by atoms with Crippen molar-refractivity contribution in [3.05, 3.63) is 112 Å². The van der Waals surface area contributed by atoms with Crippen LogP contribution in [0, 0.1) is 0 Å². The number of rotatable bonds is 6. The quantitative estimate of drug-likeness (QED) is 0.189. The van der Waals surface area contributed by atoms with Crippen molar-refractivity contribution in [2.24, 2.45) is 0 Å². The van der Waals surface area contributed by atoms with E-state index >= 15 is 0 Å². The molecule has 6 nitrogen and oxygen atoms in total. The number of carbonyl (C=O) groups excluding carboxylic acids is 2. The van der Waals surface area contributed by atoms with Crippen LogP contribution in [0.15, 0.2) is 105 Å². The van der Waals surface area contributed by atoms with Crippen LogP contribution in [0.4, 0.5) is 4.79 Å². The summed E-state index contributed by atoms with van der Waals surface area (Å²) < 4.78 is 31.8. The molecule has 0 N–H and O–H groups in total. The molecule has 4 aromatic rings. The molecule has 0 saturated carbocycles. The molecule has 2 amide bonds. The minimum Gasteiger partial charge on any atom is -0.379 e. The number of hydrogen-bond donors (Lipinski definition) is 0. The van der Waals surface area contributed by atoms with Crippen LogP contribution in [0.5, 0.6) is 5.75 Å². The summed E-state index contributed by atoms with van der Waals surface area (Å²) >= 11 is 4.24. The lowest BCUT2D eigenvalue weighted by Crippen LogP contribution is -2.27. The molecular weight excluding hydrogens is 562 g/mol. The van der Waals surface area contributed by atoms with Gasteiger partial charge in [-0.3, -0.25) is 14.5 Å². The highest BCUT2D eigenvalue weighted by Crippen LogP contribution is 2.34. The summed E-state index contributed by atoms with van der Waals surface area (Å²) in [6.07, 6.45) is 1.61. The molecule has 0 spiro atoms. The van der Waals surface area contributed by atoms with Crippen molar-refractivity contribution < 1.29 is 22.2 Å². The standard InChI is InChI=1S/C27H18BrNO5S2/c28-22-10-5-19(6-11-22)17-29-26(30)25(35-27(29)31)15-18-7-12-23(13-8-18)34-36(32,33)24-14-9-20-3-1-2-4-21(20)16-24/h1-16H,17H2/b25-15-. The van der Waals surface area contributed by atoms with E-state index in [9.17, 15) is 18.0 Å². The summed E-state index contributed by atoms with van der Waals surface area (Å²) in [5, 5.41) is 1.39. The largest absolute Gasteiger partial charge is 0.379 e. The van der Waals surface area contributed by atoms with E-state index in [0.717, 1.165) is 32.6 Å². The van der Waals surface area contributed by atoms with Crippen LogP contribution in [0.1, 0.15) is 11.1 Å². The Bertz CT molecular complexity index is 1610. The zero-order valence-electron chi connectivity index (χ0n) is 18.6. The van der Waals surface area contributed by atoms with Crippen molar-refractivity contribution >= 4 is 65.8 Å². The zero-order chi connectivity index (χ0) is 25.3. The molecule has 0 atom stereocenters.